The van der Waals surface area contributed by atoms with E-state index in [0.717, 1.165) is 37.7 Å². The van der Waals surface area contributed by atoms with Crippen molar-refractivity contribution in [3.63, 3.8) is 0 Å². The number of aryl methyl sites for hydroxylation is 2. The van der Waals surface area contributed by atoms with E-state index in [1.165, 1.54) is 51.5 Å². The third-order valence-corrected chi connectivity index (χ3v) is 5.59. The molecule has 4 rings (SSSR count). The zero-order valence-electron chi connectivity index (χ0n) is 16.7. The van der Waals surface area contributed by atoms with Crippen molar-refractivity contribution in [3.05, 3.63) is 65.9 Å². The number of pyridine rings is 1. The predicted molar refractivity (Wildman–Crippen MR) is 120 cm³/mol. The third-order valence-electron chi connectivity index (χ3n) is 5.59. The van der Waals surface area contributed by atoms with Crippen LogP contribution in [0.4, 0.5) is 0 Å². The Balaban J connectivity index is 1.85. The Morgan fingerprint density at radius 2 is 1.86 bits per heavy atom. The van der Waals surface area contributed by atoms with E-state index in [4.69, 9.17) is 10.7 Å². The first-order valence-corrected chi connectivity index (χ1v) is 10.5. The first-order chi connectivity index (χ1) is 13.8. The van der Waals surface area contributed by atoms with Crippen LogP contribution in [0, 0.1) is 0 Å². The number of aromatic amines is 1. The van der Waals surface area contributed by atoms with Gasteiger partial charge in [-0.1, -0.05) is 49.7 Å². The van der Waals surface area contributed by atoms with Gasteiger partial charge in [-0.2, -0.15) is 0 Å². The van der Waals surface area contributed by atoms with Gasteiger partial charge in [0.25, 0.3) is 0 Å². The second-order valence-electron chi connectivity index (χ2n) is 7.58. The lowest BCUT2D eigenvalue weighted by Crippen LogP contribution is -1.99. The summed E-state index contributed by atoms with van der Waals surface area (Å²) in [6, 6.07) is 17.3. The Morgan fingerprint density at radius 3 is 2.71 bits per heavy atom. The van der Waals surface area contributed by atoms with Gasteiger partial charge in [0.15, 0.2) is 0 Å². The standard InChI is InChI=1S/C25H29N3/c1-2-3-9-18-11-8-13-22-21(12-6-7-15-26)25(28-24(18)22)20-16-19-10-4-5-14-23(19)27-17-20/h4-5,8,10-11,13-14,16-17,28H,2-3,6-7,9,12,15,26H2,1H3. The summed E-state index contributed by atoms with van der Waals surface area (Å²) in [5.41, 5.74) is 13.3. The molecule has 0 atom stereocenters. The maximum absolute atomic E-state index is 5.75. The smallest absolute Gasteiger partial charge is 0.0702 e. The second kappa shape index (κ2) is 8.57. The molecule has 0 unspecified atom stereocenters. The highest BCUT2D eigenvalue weighted by atomic mass is 14.7. The molecule has 0 radical (unpaired) electrons. The van der Waals surface area contributed by atoms with E-state index in [1.54, 1.807) is 0 Å². The summed E-state index contributed by atoms with van der Waals surface area (Å²) in [5, 5.41) is 2.53. The molecule has 0 aliphatic heterocycles. The molecular formula is C25H29N3. The van der Waals surface area contributed by atoms with Gasteiger partial charge in [-0.15, -0.1) is 0 Å². The highest BCUT2D eigenvalue weighted by Crippen LogP contribution is 2.34. The molecule has 144 valence electrons. The van der Waals surface area contributed by atoms with Gasteiger partial charge in [-0.05, 0) is 61.9 Å². The number of aromatic nitrogens is 2. The van der Waals surface area contributed by atoms with Crippen molar-refractivity contribution >= 4 is 21.8 Å². The monoisotopic (exact) mass is 371 g/mol. The predicted octanol–water partition coefficient (Wildman–Crippen LogP) is 6.01. The average Bonchev–Trinajstić information content (AvgIpc) is 3.11. The van der Waals surface area contributed by atoms with Crippen molar-refractivity contribution < 1.29 is 0 Å². The average molecular weight is 372 g/mol. The van der Waals surface area contributed by atoms with Gasteiger partial charge in [0.05, 0.1) is 11.2 Å². The number of nitrogens with zero attached hydrogens (tertiary/aromatic N) is 1. The van der Waals surface area contributed by atoms with E-state index in [0.29, 0.717) is 0 Å². The summed E-state index contributed by atoms with van der Waals surface area (Å²) in [7, 11) is 0. The zero-order chi connectivity index (χ0) is 19.3. The lowest BCUT2D eigenvalue weighted by molar-refractivity contribution is 0.748. The number of hydrogen-bond donors (Lipinski definition) is 2. The summed E-state index contributed by atoms with van der Waals surface area (Å²) >= 11 is 0. The van der Waals surface area contributed by atoms with E-state index in [9.17, 15) is 0 Å². The topological polar surface area (TPSA) is 54.7 Å². The maximum atomic E-state index is 5.75. The van der Waals surface area contributed by atoms with Crippen molar-refractivity contribution in [2.75, 3.05) is 6.54 Å². The summed E-state index contributed by atoms with van der Waals surface area (Å²) in [6.45, 7) is 3.00. The minimum atomic E-state index is 0.747. The second-order valence-corrected chi connectivity index (χ2v) is 7.58. The first-order valence-electron chi connectivity index (χ1n) is 10.5. The Kier molecular flexibility index (Phi) is 5.73. The van der Waals surface area contributed by atoms with Crippen molar-refractivity contribution in [1.29, 1.82) is 0 Å². The fraction of sp³-hybridized carbons (Fsp3) is 0.320. The van der Waals surface area contributed by atoms with Crippen molar-refractivity contribution in [2.24, 2.45) is 5.73 Å². The van der Waals surface area contributed by atoms with Gasteiger partial charge in [0.2, 0.25) is 0 Å². The van der Waals surface area contributed by atoms with Crippen LogP contribution in [0.25, 0.3) is 33.1 Å². The van der Waals surface area contributed by atoms with E-state index in [2.05, 4.69) is 54.4 Å². The van der Waals surface area contributed by atoms with E-state index in [-0.39, 0.29) is 0 Å². The van der Waals surface area contributed by atoms with Crippen LogP contribution < -0.4 is 5.73 Å². The molecule has 3 heteroatoms. The molecule has 3 N–H and O–H groups in total. The molecule has 0 aliphatic carbocycles. The summed E-state index contributed by atoms with van der Waals surface area (Å²) in [5.74, 6) is 0. The molecule has 0 amide bonds. The molecule has 0 bridgehead atoms. The Morgan fingerprint density at radius 1 is 0.964 bits per heavy atom. The number of hydrogen-bond acceptors (Lipinski definition) is 2. The largest absolute Gasteiger partial charge is 0.354 e. The SMILES string of the molecule is CCCCc1cccc2c(CCCCN)c(-c3cnc4ccccc4c3)[nH]c12. The van der Waals surface area contributed by atoms with Gasteiger partial charge in [0, 0.05) is 28.0 Å². The van der Waals surface area contributed by atoms with E-state index >= 15 is 0 Å². The normalized spacial score (nSPS) is 11.5. The van der Waals surface area contributed by atoms with Crippen LogP contribution in [-0.4, -0.2) is 16.5 Å². The van der Waals surface area contributed by atoms with Crippen LogP contribution in [0.5, 0.6) is 0 Å². The Bertz CT molecular complexity index is 1080. The lowest BCUT2D eigenvalue weighted by Gasteiger charge is -2.06. The Labute approximate surface area is 167 Å². The van der Waals surface area contributed by atoms with Gasteiger partial charge in [-0.25, -0.2) is 0 Å². The summed E-state index contributed by atoms with van der Waals surface area (Å²) < 4.78 is 0. The van der Waals surface area contributed by atoms with Crippen molar-refractivity contribution in [3.8, 4) is 11.3 Å². The van der Waals surface area contributed by atoms with Crippen LogP contribution in [-0.2, 0) is 12.8 Å². The number of fused-ring (bicyclic) bond motifs is 2. The molecule has 28 heavy (non-hydrogen) atoms. The lowest BCUT2D eigenvalue weighted by atomic mass is 9.98. The molecule has 0 spiro atoms. The summed E-state index contributed by atoms with van der Waals surface area (Å²) in [6.07, 6.45) is 8.75. The molecule has 2 aromatic carbocycles. The fourth-order valence-electron chi connectivity index (χ4n) is 4.07. The molecule has 0 saturated carbocycles. The number of H-pyrrole nitrogens is 1. The van der Waals surface area contributed by atoms with Gasteiger partial charge < -0.3 is 10.7 Å². The Hall–Kier alpha value is -2.65. The highest BCUT2D eigenvalue weighted by Gasteiger charge is 2.15. The quantitative estimate of drug-likeness (QED) is 0.373. The molecule has 0 saturated heterocycles. The molecule has 2 aromatic heterocycles. The van der Waals surface area contributed by atoms with E-state index in [1.807, 2.05) is 12.3 Å². The zero-order valence-corrected chi connectivity index (χ0v) is 16.7. The summed E-state index contributed by atoms with van der Waals surface area (Å²) in [4.78, 5) is 8.48. The number of rotatable bonds is 8. The molecule has 2 heterocycles. The van der Waals surface area contributed by atoms with Crippen LogP contribution >= 0.6 is 0 Å². The van der Waals surface area contributed by atoms with Crippen LogP contribution in [0.15, 0.2) is 54.7 Å². The van der Waals surface area contributed by atoms with Gasteiger partial charge >= 0.3 is 0 Å². The number of benzene rings is 2. The molecule has 3 nitrogen and oxygen atoms in total. The third kappa shape index (κ3) is 3.67. The minimum absolute atomic E-state index is 0.747. The van der Waals surface area contributed by atoms with Crippen LogP contribution in [0.2, 0.25) is 0 Å². The molecule has 4 aromatic rings. The molecule has 0 fully saturated rings. The van der Waals surface area contributed by atoms with Crippen molar-refractivity contribution in [1.82, 2.24) is 9.97 Å². The maximum Gasteiger partial charge on any atom is 0.0702 e. The van der Waals surface area contributed by atoms with E-state index < -0.39 is 0 Å². The minimum Gasteiger partial charge on any atom is -0.354 e. The first kappa shape index (κ1) is 18.7. The van der Waals surface area contributed by atoms with Crippen LogP contribution in [0.3, 0.4) is 0 Å². The molecular weight excluding hydrogens is 342 g/mol. The number of nitrogens with two attached hydrogens (primary N) is 1. The number of para-hydroxylation sites is 2. The van der Waals surface area contributed by atoms with Gasteiger partial charge in [-0.3, -0.25) is 4.98 Å². The highest BCUT2D eigenvalue weighted by molar-refractivity contribution is 5.94. The van der Waals surface area contributed by atoms with Crippen molar-refractivity contribution in [2.45, 2.75) is 45.4 Å². The fourth-order valence-corrected chi connectivity index (χ4v) is 4.07. The number of unbranched alkanes of at least 4 members (excludes halogenated alkanes) is 2. The van der Waals surface area contributed by atoms with Gasteiger partial charge in [0.1, 0.15) is 0 Å². The number of nitrogens with one attached hydrogen (secondary N) is 1. The van der Waals surface area contributed by atoms with Crippen LogP contribution in [0.1, 0.15) is 43.7 Å². The molecule has 0 aliphatic rings.